The number of hydrogen-bond acceptors (Lipinski definition) is 2. The van der Waals surface area contributed by atoms with Crippen LogP contribution in [0, 0.1) is 5.92 Å². The van der Waals surface area contributed by atoms with Crippen LogP contribution in [0.3, 0.4) is 0 Å². The van der Waals surface area contributed by atoms with E-state index in [1.54, 1.807) is 12.1 Å². The van der Waals surface area contributed by atoms with Gasteiger partial charge < -0.3 is 4.90 Å². The van der Waals surface area contributed by atoms with Crippen molar-refractivity contribution in [2.24, 2.45) is 5.92 Å². The second kappa shape index (κ2) is 7.24. The van der Waals surface area contributed by atoms with Crippen molar-refractivity contribution in [3.05, 3.63) is 34.9 Å². The Morgan fingerprint density at radius 2 is 1.90 bits per heavy atom. The highest BCUT2D eigenvalue weighted by Crippen LogP contribution is 2.27. The van der Waals surface area contributed by atoms with Crippen molar-refractivity contribution in [2.45, 2.75) is 45.1 Å². The van der Waals surface area contributed by atoms with Crippen LogP contribution in [-0.2, 0) is 0 Å². The molecule has 0 saturated heterocycles. The van der Waals surface area contributed by atoms with Gasteiger partial charge in [-0.3, -0.25) is 4.79 Å². The van der Waals surface area contributed by atoms with E-state index in [1.807, 2.05) is 12.1 Å². The molecule has 1 aliphatic rings. The third-order valence-corrected chi connectivity index (χ3v) is 4.74. The van der Waals surface area contributed by atoms with E-state index in [0.717, 1.165) is 18.0 Å². The fourth-order valence-electron chi connectivity index (χ4n) is 3.18. The molecule has 1 aliphatic carbocycles. The average molecular weight is 294 g/mol. The maximum absolute atomic E-state index is 12.2. The molecule has 0 aromatic heterocycles. The van der Waals surface area contributed by atoms with Crippen LogP contribution < -0.4 is 0 Å². The molecule has 2 rings (SSSR count). The lowest BCUT2D eigenvalue weighted by molar-refractivity contribution is 0.0928. The zero-order valence-corrected chi connectivity index (χ0v) is 13.2. The van der Waals surface area contributed by atoms with Gasteiger partial charge in [-0.1, -0.05) is 31.4 Å². The maximum Gasteiger partial charge on any atom is 0.164 e. The number of halogens is 1. The molecule has 0 spiro atoms. The highest BCUT2D eigenvalue weighted by atomic mass is 35.5. The van der Waals surface area contributed by atoms with Crippen molar-refractivity contribution in [3.8, 4) is 0 Å². The zero-order valence-electron chi connectivity index (χ0n) is 12.4. The molecular weight excluding hydrogens is 270 g/mol. The number of hydrogen-bond donors (Lipinski definition) is 0. The lowest BCUT2D eigenvalue weighted by Gasteiger charge is -2.36. The summed E-state index contributed by atoms with van der Waals surface area (Å²) in [5, 5.41) is 0.676. The zero-order chi connectivity index (χ0) is 14.5. The summed E-state index contributed by atoms with van der Waals surface area (Å²) < 4.78 is 0. The Hall–Kier alpha value is -0.860. The first-order valence-electron chi connectivity index (χ1n) is 7.57. The predicted molar refractivity (Wildman–Crippen MR) is 84.4 cm³/mol. The number of rotatable bonds is 5. The van der Waals surface area contributed by atoms with Gasteiger partial charge in [0.05, 0.1) is 0 Å². The first-order chi connectivity index (χ1) is 9.58. The molecule has 1 aromatic rings. The van der Waals surface area contributed by atoms with Crippen LogP contribution in [0.2, 0.25) is 5.02 Å². The van der Waals surface area contributed by atoms with E-state index in [9.17, 15) is 4.79 Å². The molecular formula is C17H24ClNO. The highest BCUT2D eigenvalue weighted by molar-refractivity contribution is 6.30. The lowest BCUT2D eigenvalue weighted by atomic mass is 9.85. The summed E-state index contributed by atoms with van der Waals surface area (Å²) in [6.45, 7) is 3.18. The second-order valence-electron chi connectivity index (χ2n) is 5.99. The topological polar surface area (TPSA) is 20.3 Å². The summed E-state index contributed by atoms with van der Waals surface area (Å²) in [5.74, 6) is 0.955. The van der Waals surface area contributed by atoms with Gasteiger partial charge in [0.25, 0.3) is 0 Å². The van der Waals surface area contributed by atoms with Crippen molar-refractivity contribution < 1.29 is 4.79 Å². The monoisotopic (exact) mass is 293 g/mol. The molecule has 110 valence electrons. The molecule has 1 fully saturated rings. The van der Waals surface area contributed by atoms with E-state index in [1.165, 1.54) is 25.7 Å². The molecule has 2 unspecified atom stereocenters. The summed E-state index contributed by atoms with van der Waals surface area (Å²) in [5.41, 5.74) is 0.763. The van der Waals surface area contributed by atoms with Crippen molar-refractivity contribution in [1.82, 2.24) is 4.90 Å². The lowest BCUT2D eigenvalue weighted by Crippen LogP contribution is -2.39. The predicted octanol–water partition coefficient (Wildman–Crippen LogP) is 4.42. The van der Waals surface area contributed by atoms with Crippen molar-refractivity contribution in [3.63, 3.8) is 0 Å². The number of ketones is 1. The third kappa shape index (κ3) is 4.07. The molecule has 0 bridgehead atoms. The first-order valence-corrected chi connectivity index (χ1v) is 7.94. The minimum Gasteiger partial charge on any atom is -0.303 e. The van der Waals surface area contributed by atoms with Gasteiger partial charge in [-0.25, -0.2) is 0 Å². The smallest absolute Gasteiger partial charge is 0.164 e. The molecule has 2 nitrogen and oxygen atoms in total. The Balaban J connectivity index is 1.84. The van der Waals surface area contributed by atoms with Gasteiger partial charge in [0.1, 0.15) is 0 Å². The molecule has 0 amide bonds. The van der Waals surface area contributed by atoms with Crippen molar-refractivity contribution in [2.75, 3.05) is 13.6 Å². The molecule has 1 saturated carbocycles. The summed E-state index contributed by atoms with van der Waals surface area (Å²) >= 11 is 5.84. The van der Waals surface area contributed by atoms with Crippen LogP contribution >= 0.6 is 11.6 Å². The van der Waals surface area contributed by atoms with Gasteiger partial charge in [0.2, 0.25) is 0 Å². The molecule has 0 N–H and O–H groups in total. The van der Waals surface area contributed by atoms with Crippen LogP contribution in [0.5, 0.6) is 0 Å². The highest BCUT2D eigenvalue weighted by Gasteiger charge is 2.24. The van der Waals surface area contributed by atoms with Crippen molar-refractivity contribution in [1.29, 1.82) is 0 Å². The Labute approximate surface area is 127 Å². The van der Waals surface area contributed by atoms with E-state index < -0.39 is 0 Å². The van der Waals surface area contributed by atoms with E-state index >= 15 is 0 Å². The molecule has 0 radical (unpaired) electrons. The van der Waals surface area contributed by atoms with Gasteiger partial charge in [0, 0.05) is 29.6 Å². The van der Waals surface area contributed by atoms with E-state index in [-0.39, 0.29) is 5.78 Å². The molecule has 2 atom stereocenters. The normalized spacial score (nSPS) is 23.0. The van der Waals surface area contributed by atoms with Crippen LogP contribution in [-0.4, -0.2) is 30.3 Å². The molecule has 3 heteroatoms. The van der Waals surface area contributed by atoms with E-state index in [4.69, 9.17) is 11.6 Å². The first kappa shape index (κ1) is 15.5. The summed E-state index contributed by atoms with van der Waals surface area (Å²) in [6, 6.07) is 7.83. The Bertz CT molecular complexity index is 443. The van der Waals surface area contributed by atoms with Crippen LogP contribution in [0.1, 0.15) is 49.4 Å². The fourth-order valence-corrected chi connectivity index (χ4v) is 3.30. The Kier molecular flexibility index (Phi) is 5.62. The molecule has 20 heavy (non-hydrogen) atoms. The van der Waals surface area contributed by atoms with Gasteiger partial charge in [-0.2, -0.15) is 0 Å². The standard InChI is InChI=1S/C17H24ClNO/c1-13-5-3-4-6-16(13)19(2)12-11-17(20)14-7-9-15(18)10-8-14/h7-10,13,16H,3-6,11-12H2,1-2H3. The second-order valence-corrected chi connectivity index (χ2v) is 6.43. The number of benzene rings is 1. The van der Waals surface area contributed by atoms with Crippen molar-refractivity contribution >= 4 is 17.4 Å². The average Bonchev–Trinajstić information content (AvgIpc) is 2.45. The van der Waals surface area contributed by atoms with Crippen LogP contribution in [0.4, 0.5) is 0 Å². The van der Waals surface area contributed by atoms with Gasteiger partial charge in [0.15, 0.2) is 5.78 Å². The molecule has 0 aliphatic heterocycles. The van der Waals surface area contributed by atoms with Gasteiger partial charge >= 0.3 is 0 Å². The third-order valence-electron chi connectivity index (χ3n) is 4.49. The maximum atomic E-state index is 12.2. The SMILES string of the molecule is CC1CCCCC1N(C)CCC(=O)c1ccc(Cl)cc1. The summed E-state index contributed by atoms with van der Waals surface area (Å²) in [6.07, 6.45) is 5.86. The Morgan fingerprint density at radius 3 is 2.55 bits per heavy atom. The minimum absolute atomic E-state index is 0.206. The quantitative estimate of drug-likeness (QED) is 0.749. The van der Waals surface area contributed by atoms with E-state index in [0.29, 0.717) is 17.5 Å². The summed E-state index contributed by atoms with van der Waals surface area (Å²) in [4.78, 5) is 14.5. The Morgan fingerprint density at radius 1 is 1.25 bits per heavy atom. The van der Waals surface area contributed by atoms with E-state index in [2.05, 4.69) is 18.9 Å². The number of nitrogens with zero attached hydrogens (tertiary/aromatic N) is 1. The number of carbonyl (C=O) groups excluding carboxylic acids is 1. The fraction of sp³-hybridized carbons (Fsp3) is 0.588. The van der Waals surface area contributed by atoms with Crippen LogP contribution in [0.15, 0.2) is 24.3 Å². The molecule has 1 aromatic carbocycles. The number of Topliss-reactive ketones (excluding diaryl/α,β-unsaturated/α-hetero) is 1. The van der Waals surface area contributed by atoms with Crippen LogP contribution in [0.25, 0.3) is 0 Å². The number of carbonyl (C=O) groups is 1. The summed E-state index contributed by atoms with van der Waals surface area (Å²) in [7, 11) is 2.15. The molecule has 0 heterocycles. The minimum atomic E-state index is 0.206. The van der Waals surface area contributed by atoms with Gasteiger partial charge in [-0.15, -0.1) is 0 Å². The van der Waals surface area contributed by atoms with Gasteiger partial charge in [-0.05, 0) is 50.1 Å². The largest absolute Gasteiger partial charge is 0.303 e.